The van der Waals surface area contributed by atoms with Gasteiger partial charge in [0.2, 0.25) is 0 Å². The molecule has 1 heterocycles. The van der Waals surface area contributed by atoms with E-state index in [1.807, 2.05) is 0 Å². The van der Waals surface area contributed by atoms with Crippen molar-refractivity contribution >= 4 is 44.3 Å². The van der Waals surface area contributed by atoms with E-state index in [0.29, 0.717) is 0 Å². The van der Waals surface area contributed by atoms with Gasteiger partial charge in [-0.3, -0.25) is 0 Å². The Balaban J connectivity index is 3.04. The minimum atomic E-state index is -2.26. The highest BCUT2D eigenvalue weighted by Crippen LogP contribution is 2.29. The van der Waals surface area contributed by atoms with Gasteiger partial charge in [-0.1, -0.05) is 13.8 Å². The average Bonchev–Trinajstić information content (AvgIpc) is 2.22. The largest absolute Gasteiger partial charge is 0.416 e. The second-order valence-corrected chi connectivity index (χ2v) is 22.3. The van der Waals surface area contributed by atoms with Crippen LogP contribution in [0.4, 0.5) is 0 Å². The number of hydrogen-bond donors (Lipinski definition) is 0. The molecule has 10 heteroatoms. The zero-order chi connectivity index (χ0) is 15.7. The zero-order valence-corrected chi connectivity index (χ0v) is 19.0. The Morgan fingerprint density at radius 3 is 1.60 bits per heavy atom. The summed E-state index contributed by atoms with van der Waals surface area (Å²) in [5.74, 6) is 0. The van der Waals surface area contributed by atoms with Crippen molar-refractivity contribution in [3.05, 3.63) is 0 Å². The lowest BCUT2D eigenvalue weighted by Crippen LogP contribution is -2.61. The molecule has 1 rings (SSSR count). The van der Waals surface area contributed by atoms with Gasteiger partial charge in [0, 0.05) is 0 Å². The lowest BCUT2D eigenvalue weighted by Gasteiger charge is -2.43. The van der Waals surface area contributed by atoms with Crippen molar-refractivity contribution in [2.75, 3.05) is 0 Å². The lowest BCUT2D eigenvalue weighted by molar-refractivity contribution is 0.251. The first-order chi connectivity index (χ1) is 8.95. The minimum absolute atomic E-state index is 0.0136. The number of rotatable bonds is 2. The van der Waals surface area contributed by atoms with Crippen LogP contribution >= 0.6 is 0 Å². The Morgan fingerprint density at radius 1 is 0.650 bits per heavy atom. The molecule has 2 radical (unpaired) electrons. The van der Waals surface area contributed by atoms with Crippen LogP contribution in [0, 0.1) is 0 Å². The highest BCUT2D eigenvalue weighted by molar-refractivity contribution is 6.89. The van der Waals surface area contributed by atoms with Crippen molar-refractivity contribution in [3.63, 3.8) is 0 Å². The molecule has 118 valence electrons. The summed E-state index contributed by atoms with van der Waals surface area (Å²) in [7, 11) is -8.90. The smallest absolute Gasteiger partial charge is 0.413 e. The summed E-state index contributed by atoms with van der Waals surface area (Å²) in [6, 6.07) is 1.84. The van der Waals surface area contributed by atoms with Gasteiger partial charge >= 0.3 is 44.3 Å². The molecular weight excluding hydrogens is 341 g/mol. The van der Waals surface area contributed by atoms with Crippen LogP contribution in [0.5, 0.6) is 0 Å². The van der Waals surface area contributed by atoms with Crippen LogP contribution in [0.1, 0.15) is 13.8 Å². The summed E-state index contributed by atoms with van der Waals surface area (Å²) in [4.78, 5) is 0. The second kappa shape index (κ2) is 6.56. The third-order valence-corrected chi connectivity index (χ3v) is 20.6. The minimum Gasteiger partial charge on any atom is -0.416 e. The van der Waals surface area contributed by atoms with E-state index in [-0.39, 0.29) is 10.0 Å². The molecule has 0 spiro atoms. The van der Waals surface area contributed by atoms with Gasteiger partial charge < -0.3 is 20.6 Å². The highest BCUT2D eigenvalue weighted by Gasteiger charge is 2.48. The highest BCUT2D eigenvalue weighted by atomic mass is 28.5. The van der Waals surface area contributed by atoms with Gasteiger partial charge in [0.05, 0.1) is 0 Å². The molecule has 0 saturated carbocycles. The molecule has 0 N–H and O–H groups in total. The van der Waals surface area contributed by atoms with E-state index in [1.54, 1.807) is 0 Å². The molecule has 0 aromatic rings. The van der Waals surface area contributed by atoms with E-state index in [1.165, 1.54) is 0 Å². The van der Waals surface area contributed by atoms with Crippen LogP contribution in [0.2, 0.25) is 51.4 Å². The monoisotopic (exact) mass is 368 g/mol. The molecule has 0 unspecified atom stereocenters. The van der Waals surface area contributed by atoms with Gasteiger partial charge in [0.15, 0.2) is 0 Å². The van der Waals surface area contributed by atoms with Gasteiger partial charge in [-0.2, -0.15) is 0 Å². The van der Waals surface area contributed by atoms with Crippen LogP contribution in [0.3, 0.4) is 0 Å². The summed E-state index contributed by atoms with van der Waals surface area (Å²) in [6.45, 7) is 16.7. The van der Waals surface area contributed by atoms with Crippen molar-refractivity contribution < 1.29 is 20.6 Å². The molecule has 0 atom stereocenters. The molecule has 5 nitrogen and oxygen atoms in total. The molecule has 20 heavy (non-hydrogen) atoms. The van der Waals surface area contributed by atoms with E-state index in [9.17, 15) is 0 Å². The van der Waals surface area contributed by atoms with Crippen LogP contribution in [-0.4, -0.2) is 44.3 Å². The van der Waals surface area contributed by atoms with Crippen molar-refractivity contribution in [3.8, 4) is 0 Å². The molecule has 0 aromatic heterocycles. The maximum atomic E-state index is 6.43. The quantitative estimate of drug-likeness (QED) is 0.700. The molecule has 1 aliphatic heterocycles. The fraction of sp³-hybridized carbons (Fsp3) is 1.00. The van der Waals surface area contributed by atoms with E-state index >= 15 is 0 Å². The first-order valence-electron chi connectivity index (χ1n) is 7.16. The van der Waals surface area contributed by atoms with E-state index in [0.717, 1.165) is 12.1 Å². The average molecular weight is 369 g/mol. The van der Waals surface area contributed by atoms with Crippen molar-refractivity contribution in [2.24, 2.45) is 0 Å². The topological polar surface area (TPSA) is 46.2 Å². The van der Waals surface area contributed by atoms with Gasteiger partial charge in [0.1, 0.15) is 0 Å². The SMILES string of the molecule is CC[Si]1(CC)O[Si]O[Si](C)(C)O[Si](C)(C)O[Si](C)(C)O1. The van der Waals surface area contributed by atoms with Crippen molar-refractivity contribution in [1.82, 2.24) is 0 Å². The molecule has 0 amide bonds. The molecule has 1 aliphatic rings. The van der Waals surface area contributed by atoms with Gasteiger partial charge in [-0.05, 0) is 51.4 Å². The molecule has 1 saturated heterocycles. The first-order valence-corrected chi connectivity index (χ1v) is 18.7. The Hall–Kier alpha value is 0.884. The fourth-order valence-electron chi connectivity index (χ4n) is 2.45. The Labute approximate surface area is 130 Å². The third kappa shape index (κ3) is 5.59. The van der Waals surface area contributed by atoms with E-state index in [2.05, 4.69) is 53.1 Å². The Bertz CT molecular complexity index is 332. The fourth-order valence-corrected chi connectivity index (χ4v) is 22.4. The second-order valence-electron chi connectivity index (χ2n) is 6.41. The molecule has 0 aliphatic carbocycles. The van der Waals surface area contributed by atoms with Crippen LogP contribution in [-0.2, 0) is 20.6 Å². The Kier molecular flexibility index (Phi) is 6.21. The predicted molar refractivity (Wildman–Crippen MR) is 90.3 cm³/mol. The molecular formula is C10H28O5Si5. The van der Waals surface area contributed by atoms with Gasteiger partial charge in [0.25, 0.3) is 0 Å². The normalized spacial score (nSPS) is 28.8. The summed E-state index contributed by atoms with van der Waals surface area (Å²) in [6.07, 6.45) is 0. The summed E-state index contributed by atoms with van der Waals surface area (Å²) in [5.41, 5.74) is 0. The van der Waals surface area contributed by atoms with Crippen LogP contribution in [0.25, 0.3) is 0 Å². The molecule has 1 fully saturated rings. The van der Waals surface area contributed by atoms with Crippen molar-refractivity contribution in [1.29, 1.82) is 0 Å². The lowest BCUT2D eigenvalue weighted by atomic mass is 10.9. The van der Waals surface area contributed by atoms with Crippen LogP contribution in [0.15, 0.2) is 0 Å². The first kappa shape index (κ1) is 18.9. The van der Waals surface area contributed by atoms with E-state index in [4.69, 9.17) is 20.6 Å². The maximum absolute atomic E-state index is 6.43. The van der Waals surface area contributed by atoms with Crippen molar-refractivity contribution in [2.45, 2.75) is 65.2 Å². The standard InChI is InChI=1S/C10H28O5Si5/c1-9-20(10-2)12-16-11-17(3,4)13-18(5,6)14-19(7,8)15-20/h9-10H2,1-8H3. The maximum Gasteiger partial charge on any atom is 0.413 e. The molecule has 0 aromatic carbocycles. The Morgan fingerprint density at radius 2 is 1.10 bits per heavy atom. The molecule has 0 bridgehead atoms. The van der Waals surface area contributed by atoms with E-state index < -0.39 is 34.2 Å². The van der Waals surface area contributed by atoms with Gasteiger partial charge in [-0.25, -0.2) is 0 Å². The third-order valence-electron chi connectivity index (χ3n) is 3.01. The van der Waals surface area contributed by atoms with Crippen LogP contribution < -0.4 is 0 Å². The predicted octanol–water partition coefficient (Wildman–Crippen LogP) is 3.20. The summed E-state index contributed by atoms with van der Waals surface area (Å²) in [5, 5.41) is 0. The van der Waals surface area contributed by atoms with Gasteiger partial charge in [-0.15, -0.1) is 0 Å². The summed E-state index contributed by atoms with van der Waals surface area (Å²) >= 11 is 0. The summed E-state index contributed by atoms with van der Waals surface area (Å²) < 4.78 is 31.0. The zero-order valence-electron chi connectivity index (χ0n) is 14.0. The number of hydrogen-bond acceptors (Lipinski definition) is 5.